The molecule has 0 spiro atoms. The minimum Gasteiger partial charge on any atom is -0.320 e. The molecule has 0 atom stereocenters. The third-order valence-electron chi connectivity index (χ3n) is 2.21. The predicted octanol–water partition coefficient (Wildman–Crippen LogP) is 3.33. The van der Waals surface area contributed by atoms with Crippen molar-refractivity contribution < 1.29 is 8.78 Å². The van der Waals surface area contributed by atoms with Gasteiger partial charge in [0.15, 0.2) is 5.82 Å². The van der Waals surface area contributed by atoms with Crippen LogP contribution in [0, 0.1) is 29.9 Å². The third kappa shape index (κ3) is 2.95. The Morgan fingerprint density at radius 3 is 2.63 bits per heavy atom. The molecule has 1 N–H and O–H groups in total. The second-order valence-corrected chi connectivity index (χ2v) is 4.11. The van der Waals surface area contributed by atoms with Crippen LogP contribution in [0.2, 0.25) is 5.02 Å². The molecule has 1 aromatic carbocycles. The van der Waals surface area contributed by atoms with Gasteiger partial charge in [0.05, 0.1) is 10.7 Å². The second kappa shape index (κ2) is 5.16. The smallest absolute Gasteiger partial charge is 0.228 e. The van der Waals surface area contributed by atoms with Gasteiger partial charge in [-0.05, 0) is 19.1 Å². The summed E-state index contributed by atoms with van der Waals surface area (Å²) in [5.41, 5.74) is 0.527. The molecule has 7 heteroatoms. The van der Waals surface area contributed by atoms with Crippen LogP contribution in [0.5, 0.6) is 0 Å². The highest BCUT2D eigenvalue weighted by atomic mass is 35.5. The topological polar surface area (TPSA) is 61.6 Å². The Morgan fingerprint density at radius 1 is 1.26 bits per heavy atom. The van der Waals surface area contributed by atoms with Crippen molar-refractivity contribution in [2.45, 2.75) is 6.92 Å². The first-order valence-corrected chi connectivity index (χ1v) is 5.54. The minimum atomic E-state index is -0.867. The van der Waals surface area contributed by atoms with E-state index in [2.05, 4.69) is 15.3 Å². The summed E-state index contributed by atoms with van der Waals surface area (Å²) in [7, 11) is 0. The van der Waals surface area contributed by atoms with E-state index in [1.807, 2.05) is 6.07 Å². The van der Waals surface area contributed by atoms with Crippen LogP contribution in [0.3, 0.4) is 0 Å². The molecule has 0 aliphatic carbocycles. The number of hydrogen-bond acceptors (Lipinski definition) is 4. The molecule has 0 aliphatic heterocycles. The van der Waals surface area contributed by atoms with Gasteiger partial charge in [0.1, 0.15) is 17.6 Å². The number of rotatable bonds is 2. The molecule has 0 amide bonds. The Morgan fingerprint density at radius 2 is 2.00 bits per heavy atom. The van der Waals surface area contributed by atoms with Crippen molar-refractivity contribution in [2.75, 3.05) is 5.32 Å². The average molecular weight is 281 g/mol. The maximum Gasteiger partial charge on any atom is 0.228 e. The molecule has 2 aromatic rings. The summed E-state index contributed by atoms with van der Waals surface area (Å²) in [6, 6.07) is 4.99. The Bertz CT molecular complexity index is 659. The lowest BCUT2D eigenvalue weighted by Crippen LogP contribution is -2.03. The van der Waals surface area contributed by atoms with Crippen LogP contribution in [0.15, 0.2) is 18.2 Å². The number of nitriles is 1. The zero-order chi connectivity index (χ0) is 14.0. The number of nitrogens with zero attached hydrogens (tertiary/aromatic N) is 3. The van der Waals surface area contributed by atoms with Crippen molar-refractivity contribution in [1.29, 1.82) is 5.26 Å². The number of benzene rings is 1. The number of aryl methyl sites for hydroxylation is 1. The molecule has 4 nitrogen and oxygen atoms in total. The molecular weight excluding hydrogens is 274 g/mol. The molecule has 0 saturated carbocycles. The molecule has 96 valence electrons. The predicted molar refractivity (Wildman–Crippen MR) is 66.1 cm³/mol. The number of aromatic nitrogens is 2. The summed E-state index contributed by atoms with van der Waals surface area (Å²) < 4.78 is 26.5. The molecule has 0 unspecified atom stereocenters. The van der Waals surface area contributed by atoms with Crippen molar-refractivity contribution >= 4 is 23.2 Å². The normalized spacial score (nSPS) is 10.1. The minimum absolute atomic E-state index is 0.0176. The summed E-state index contributed by atoms with van der Waals surface area (Å²) in [4.78, 5) is 7.84. The van der Waals surface area contributed by atoms with E-state index < -0.39 is 11.6 Å². The Kier molecular flexibility index (Phi) is 3.58. The Hall–Kier alpha value is -2.26. The Balaban J connectivity index is 2.42. The maximum absolute atomic E-state index is 13.6. The number of hydrogen-bond donors (Lipinski definition) is 1. The van der Waals surface area contributed by atoms with Gasteiger partial charge in [0.2, 0.25) is 5.95 Å². The highest BCUT2D eigenvalue weighted by molar-refractivity contribution is 6.33. The van der Waals surface area contributed by atoms with Crippen molar-refractivity contribution in [1.82, 2.24) is 9.97 Å². The third-order valence-corrected chi connectivity index (χ3v) is 2.51. The van der Waals surface area contributed by atoms with E-state index in [9.17, 15) is 8.78 Å². The largest absolute Gasteiger partial charge is 0.320 e. The van der Waals surface area contributed by atoms with E-state index in [-0.39, 0.29) is 22.4 Å². The van der Waals surface area contributed by atoms with E-state index in [4.69, 9.17) is 16.9 Å². The first kappa shape index (κ1) is 13.2. The SMILES string of the molecule is Cc1cc(C#N)nc(Nc2c(F)cc(F)cc2Cl)n1. The summed E-state index contributed by atoms with van der Waals surface area (Å²) in [5, 5.41) is 11.2. The highest BCUT2D eigenvalue weighted by Crippen LogP contribution is 2.28. The van der Waals surface area contributed by atoms with Gasteiger partial charge in [0.25, 0.3) is 0 Å². The van der Waals surface area contributed by atoms with E-state index in [1.165, 1.54) is 6.07 Å². The zero-order valence-electron chi connectivity index (χ0n) is 9.71. The quantitative estimate of drug-likeness (QED) is 0.916. The molecule has 2 rings (SSSR count). The Labute approximate surface area is 112 Å². The molecule has 0 saturated heterocycles. The van der Waals surface area contributed by atoms with Crippen molar-refractivity contribution in [2.24, 2.45) is 0 Å². The fraction of sp³-hybridized carbons (Fsp3) is 0.0833. The molecule has 0 bridgehead atoms. The van der Waals surface area contributed by atoms with E-state index in [0.717, 1.165) is 6.07 Å². The number of nitrogens with one attached hydrogen (secondary N) is 1. The van der Waals surface area contributed by atoms with Crippen LogP contribution in [-0.2, 0) is 0 Å². The lowest BCUT2D eigenvalue weighted by Gasteiger charge is -2.09. The monoisotopic (exact) mass is 280 g/mol. The van der Waals surface area contributed by atoms with Crippen molar-refractivity contribution in [3.63, 3.8) is 0 Å². The summed E-state index contributed by atoms with van der Waals surface area (Å²) in [6.45, 7) is 1.66. The van der Waals surface area contributed by atoms with E-state index >= 15 is 0 Å². The van der Waals surface area contributed by atoms with Gasteiger partial charge in [0, 0.05) is 11.8 Å². The first-order valence-electron chi connectivity index (χ1n) is 5.17. The number of halogens is 3. The van der Waals surface area contributed by atoms with Crippen LogP contribution >= 0.6 is 11.6 Å². The van der Waals surface area contributed by atoms with Gasteiger partial charge in [-0.1, -0.05) is 11.6 Å². The fourth-order valence-corrected chi connectivity index (χ4v) is 1.70. The zero-order valence-corrected chi connectivity index (χ0v) is 10.5. The second-order valence-electron chi connectivity index (χ2n) is 3.70. The van der Waals surface area contributed by atoms with Crippen LogP contribution in [0.1, 0.15) is 11.4 Å². The van der Waals surface area contributed by atoms with Gasteiger partial charge in [-0.3, -0.25) is 0 Å². The molecule has 19 heavy (non-hydrogen) atoms. The molecule has 0 radical (unpaired) electrons. The maximum atomic E-state index is 13.6. The fourth-order valence-electron chi connectivity index (χ4n) is 1.46. The standard InChI is InChI=1S/C12H7ClF2N4/c1-6-2-8(5-16)18-12(17-6)19-11-9(13)3-7(14)4-10(11)15/h2-4H,1H3,(H,17,18,19). The first-order chi connectivity index (χ1) is 8.99. The highest BCUT2D eigenvalue weighted by Gasteiger charge is 2.12. The van der Waals surface area contributed by atoms with E-state index in [0.29, 0.717) is 11.8 Å². The lowest BCUT2D eigenvalue weighted by atomic mass is 10.3. The van der Waals surface area contributed by atoms with Gasteiger partial charge >= 0.3 is 0 Å². The van der Waals surface area contributed by atoms with Gasteiger partial charge < -0.3 is 5.32 Å². The van der Waals surface area contributed by atoms with Crippen LogP contribution in [0.4, 0.5) is 20.4 Å². The molecule has 1 heterocycles. The molecule has 0 aliphatic rings. The summed E-state index contributed by atoms with van der Waals surface area (Å²) >= 11 is 5.74. The summed E-state index contributed by atoms with van der Waals surface area (Å²) in [5.74, 6) is -1.63. The van der Waals surface area contributed by atoms with Crippen molar-refractivity contribution in [3.8, 4) is 6.07 Å². The van der Waals surface area contributed by atoms with Gasteiger partial charge in [-0.15, -0.1) is 0 Å². The number of anilines is 2. The van der Waals surface area contributed by atoms with Gasteiger partial charge in [-0.2, -0.15) is 5.26 Å². The van der Waals surface area contributed by atoms with Crippen LogP contribution in [-0.4, -0.2) is 9.97 Å². The van der Waals surface area contributed by atoms with E-state index in [1.54, 1.807) is 6.92 Å². The van der Waals surface area contributed by atoms with Crippen LogP contribution in [0.25, 0.3) is 0 Å². The summed E-state index contributed by atoms with van der Waals surface area (Å²) in [6.07, 6.45) is 0. The van der Waals surface area contributed by atoms with Crippen molar-refractivity contribution in [3.05, 3.63) is 46.2 Å². The lowest BCUT2D eigenvalue weighted by molar-refractivity contribution is 0.586. The van der Waals surface area contributed by atoms with Gasteiger partial charge in [-0.25, -0.2) is 18.7 Å². The van der Waals surface area contributed by atoms with Crippen LogP contribution < -0.4 is 5.32 Å². The molecular formula is C12H7ClF2N4. The molecule has 1 aromatic heterocycles. The molecule has 0 fully saturated rings. The average Bonchev–Trinajstić information content (AvgIpc) is 2.33.